The fourth-order valence-corrected chi connectivity index (χ4v) is 7.27. The monoisotopic (exact) mass is 694 g/mol. The smallest absolute Gasteiger partial charge is 0.409 e. The van der Waals surface area contributed by atoms with Crippen molar-refractivity contribution in [3.8, 4) is 0 Å². The largest absolute Gasteiger partial charge is 0.530 e. The molecule has 49 heavy (non-hydrogen) atoms. The highest BCUT2D eigenvalue weighted by Crippen LogP contribution is 2.56. The molecule has 0 aromatic carbocycles. The lowest BCUT2D eigenvalue weighted by molar-refractivity contribution is -0.120. The number of carbonyl (C=O) groups is 3. The molecule has 6 nitrogen and oxygen atoms in total. The van der Waals surface area contributed by atoms with E-state index in [1.54, 1.807) is 18.2 Å². The van der Waals surface area contributed by atoms with Gasteiger partial charge in [-0.05, 0) is 68.9 Å². The van der Waals surface area contributed by atoms with Crippen molar-refractivity contribution in [1.82, 2.24) is 0 Å². The van der Waals surface area contributed by atoms with E-state index in [-0.39, 0.29) is 33.6 Å². The SMILES string of the molecule is CC(C)(C)C1=CC(=O)C(C(C)(C)C)C=C1OP(OC1=CC(C(C)(C)C)C(=O)C=C1C(C)(C)C)OC1=CC(C(C)(C)C)C(=O)C=C1C(C)(C)C. The Morgan fingerprint density at radius 2 is 0.612 bits per heavy atom. The third-order valence-corrected chi connectivity index (χ3v) is 10.3. The molecule has 0 heterocycles. The van der Waals surface area contributed by atoms with Gasteiger partial charge in [-0.25, -0.2) is 0 Å². The van der Waals surface area contributed by atoms with Crippen LogP contribution in [0.4, 0.5) is 0 Å². The van der Waals surface area contributed by atoms with Gasteiger partial charge in [-0.3, -0.25) is 14.4 Å². The summed E-state index contributed by atoms with van der Waals surface area (Å²) in [6.07, 6.45) is 10.9. The third kappa shape index (κ3) is 9.75. The van der Waals surface area contributed by atoms with E-state index >= 15 is 0 Å². The molecule has 0 aromatic heterocycles. The lowest BCUT2D eigenvalue weighted by atomic mass is 9.72. The van der Waals surface area contributed by atoms with Gasteiger partial charge in [0, 0.05) is 34.5 Å². The lowest BCUT2D eigenvalue weighted by Crippen LogP contribution is -2.32. The quantitative estimate of drug-likeness (QED) is 0.258. The molecule has 3 unspecified atom stereocenters. The molecule has 0 saturated carbocycles. The van der Waals surface area contributed by atoms with Crippen molar-refractivity contribution in [2.45, 2.75) is 125 Å². The molecule has 0 aromatic rings. The van der Waals surface area contributed by atoms with Crippen molar-refractivity contribution >= 4 is 26.0 Å². The molecule has 3 aliphatic carbocycles. The Kier molecular flexibility index (Phi) is 11.2. The van der Waals surface area contributed by atoms with Gasteiger partial charge >= 0.3 is 8.60 Å². The second-order valence-electron chi connectivity index (χ2n) is 20.3. The summed E-state index contributed by atoms with van der Waals surface area (Å²) in [5.41, 5.74) is -0.0131. The maximum atomic E-state index is 13.5. The van der Waals surface area contributed by atoms with E-state index < -0.39 is 42.6 Å². The maximum absolute atomic E-state index is 13.5. The Morgan fingerprint density at radius 3 is 0.776 bits per heavy atom. The number of ketones is 3. The van der Waals surface area contributed by atoms with Crippen molar-refractivity contribution in [2.24, 2.45) is 50.2 Å². The van der Waals surface area contributed by atoms with Crippen LogP contribution in [-0.2, 0) is 28.0 Å². The Morgan fingerprint density at radius 1 is 0.408 bits per heavy atom. The zero-order valence-electron chi connectivity index (χ0n) is 33.6. The van der Waals surface area contributed by atoms with Crippen LogP contribution in [0.25, 0.3) is 0 Å². The van der Waals surface area contributed by atoms with E-state index in [0.29, 0.717) is 17.3 Å². The average Bonchev–Trinajstić information content (AvgIpc) is 2.87. The molecule has 0 saturated heterocycles. The van der Waals surface area contributed by atoms with E-state index in [4.69, 9.17) is 13.6 Å². The number of allylic oxidation sites excluding steroid dienone is 9. The van der Waals surface area contributed by atoms with Crippen molar-refractivity contribution in [1.29, 1.82) is 0 Å². The van der Waals surface area contributed by atoms with Crippen LogP contribution in [0, 0.1) is 50.2 Å². The highest BCUT2D eigenvalue weighted by molar-refractivity contribution is 7.42. The molecule has 0 radical (unpaired) electrons. The summed E-state index contributed by atoms with van der Waals surface area (Å²) in [5, 5.41) is 0. The van der Waals surface area contributed by atoms with Crippen LogP contribution < -0.4 is 0 Å². The first-order valence-corrected chi connectivity index (χ1v) is 18.7. The standard InChI is InChI=1S/C42H63O6P/c1-37(2,3)25-22-34(28(19-31(25)43)40(10,11)12)46-49(47-35-23-26(38(4,5)6)32(44)20-29(35)41(13,14)15)48-36-24-27(39(7,8)9)33(45)21-30(36)42(16,17)18/h19-27H,1-18H3. The Bertz CT molecular complexity index is 1350. The Labute approximate surface area is 298 Å². The zero-order chi connectivity index (χ0) is 37.9. The van der Waals surface area contributed by atoms with Crippen LogP contribution >= 0.6 is 8.60 Å². The van der Waals surface area contributed by atoms with Crippen molar-refractivity contribution < 1.29 is 28.0 Å². The minimum Gasteiger partial charge on any atom is -0.409 e. The van der Waals surface area contributed by atoms with Gasteiger partial charge in [-0.15, -0.1) is 0 Å². The fourth-order valence-electron chi connectivity index (χ4n) is 6.20. The van der Waals surface area contributed by atoms with E-state index in [2.05, 4.69) is 62.3 Å². The summed E-state index contributed by atoms with van der Waals surface area (Å²) < 4.78 is 20.6. The van der Waals surface area contributed by atoms with Gasteiger partial charge in [0.1, 0.15) is 17.3 Å². The van der Waals surface area contributed by atoms with Crippen LogP contribution in [-0.4, -0.2) is 17.3 Å². The summed E-state index contributed by atoms with van der Waals surface area (Å²) >= 11 is 0. The van der Waals surface area contributed by atoms with Gasteiger partial charge in [0.2, 0.25) is 0 Å². The summed E-state index contributed by atoms with van der Waals surface area (Å²) in [5.74, 6) is 0.512. The first-order valence-electron chi connectivity index (χ1n) is 17.6. The predicted molar refractivity (Wildman–Crippen MR) is 201 cm³/mol. The number of hydrogen-bond donors (Lipinski definition) is 0. The lowest BCUT2D eigenvalue weighted by Gasteiger charge is -2.37. The number of rotatable bonds is 6. The van der Waals surface area contributed by atoms with Crippen LogP contribution in [0.2, 0.25) is 0 Å². The van der Waals surface area contributed by atoms with Crippen LogP contribution in [0.3, 0.4) is 0 Å². The van der Waals surface area contributed by atoms with Gasteiger partial charge in [-0.1, -0.05) is 125 Å². The molecule has 3 rings (SSSR count). The van der Waals surface area contributed by atoms with Crippen molar-refractivity contribution in [3.05, 3.63) is 70.5 Å². The minimum atomic E-state index is -2.22. The molecule has 0 spiro atoms. The minimum absolute atomic E-state index is 0.0369. The Balaban J connectivity index is 2.28. The molecule has 272 valence electrons. The van der Waals surface area contributed by atoms with Crippen molar-refractivity contribution in [2.75, 3.05) is 0 Å². The van der Waals surface area contributed by atoms with E-state index in [0.717, 1.165) is 16.7 Å². The highest BCUT2D eigenvalue weighted by Gasteiger charge is 2.43. The normalized spacial score (nSPS) is 23.9. The molecule has 0 amide bonds. The third-order valence-electron chi connectivity index (χ3n) is 9.27. The topological polar surface area (TPSA) is 78.9 Å². The van der Waals surface area contributed by atoms with Crippen molar-refractivity contribution in [3.63, 3.8) is 0 Å². The van der Waals surface area contributed by atoms with E-state index in [9.17, 15) is 14.4 Å². The highest BCUT2D eigenvalue weighted by atomic mass is 31.2. The summed E-state index contributed by atoms with van der Waals surface area (Å²) in [6, 6.07) is 0. The first-order chi connectivity index (χ1) is 21.8. The summed E-state index contributed by atoms with van der Waals surface area (Å²) in [7, 11) is -2.22. The average molecular weight is 695 g/mol. The molecule has 0 aliphatic heterocycles. The molecule has 0 N–H and O–H groups in total. The second-order valence-corrected chi connectivity index (χ2v) is 21.2. The Hall–Kier alpha value is -2.72. The zero-order valence-corrected chi connectivity index (χ0v) is 34.5. The van der Waals surface area contributed by atoms with Crippen LogP contribution in [0.5, 0.6) is 0 Å². The second kappa shape index (κ2) is 13.4. The van der Waals surface area contributed by atoms with Gasteiger partial charge in [0.05, 0.1) is 0 Å². The maximum Gasteiger partial charge on any atom is 0.530 e. The van der Waals surface area contributed by atoms with E-state index in [1.807, 2.05) is 80.5 Å². The summed E-state index contributed by atoms with van der Waals surface area (Å²) in [4.78, 5) is 40.4. The molecule has 0 bridgehead atoms. The predicted octanol–water partition coefficient (Wildman–Crippen LogP) is 11.6. The van der Waals surface area contributed by atoms with Crippen LogP contribution in [0.15, 0.2) is 70.5 Å². The van der Waals surface area contributed by atoms with Gasteiger partial charge in [-0.2, -0.15) is 0 Å². The van der Waals surface area contributed by atoms with E-state index in [1.165, 1.54) is 0 Å². The first kappa shape index (κ1) is 40.7. The van der Waals surface area contributed by atoms with Gasteiger partial charge in [0.25, 0.3) is 0 Å². The molecule has 3 atom stereocenters. The number of hydrogen-bond acceptors (Lipinski definition) is 6. The summed E-state index contributed by atoms with van der Waals surface area (Å²) in [6.45, 7) is 36.9. The fraction of sp³-hybridized carbons (Fsp3) is 0.643. The van der Waals surface area contributed by atoms with Crippen LogP contribution in [0.1, 0.15) is 125 Å². The molecule has 0 fully saturated rings. The van der Waals surface area contributed by atoms with Gasteiger partial charge < -0.3 is 13.6 Å². The van der Waals surface area contributed by atoms with Gasteiger partial charge in [0.15, 0.2) is 17.3 Å². The molecule has 7 heteroatoms. The number of carbonyl (C=O) groups excluding carboxylic acids is 3. The molecular formula is C42H63O6P. The molecular weight excluding hydrogens is 631 g/mol. The molecule has 3 aliphatic rings.